The highest BCUT2D eigenvalue weighted by Crippen LogP contribution is 2.33. The largest absolute Gasteiger partial charge is 0.456 e. The van der Waals surface area contributed by atoms with E-state index in [0.29, 0.717) is 34.5 Å². The van der Waals surface area contributed by atoms with Crippen LogP contribution in [-0.4, -0.2) is 34.8 Å². The molecule has 0 radical (unpaired) electrons. The summed E-state index contributed by atoms with van der Waals surface area (Å²) in [4.78, 5) is 17.3. The molecule has 0 bridgehead atoms. The summed E-state index contributed by atoms with van der Waals surface area (Å²) >= 11 is 0. The standard InChI is InChI=1S/C33H34N4O4S/c1-23-18-25(19-32(38)36-26-21-35-37(22-26)33(2,3)4)10-13-30(23)41-31-14-16-34-29-12-11-27(20-28(29)31)42(39,40)17-15-24-8-6-5-7-9-24/h5-14,16,18,20-22H,15,17,19H2,1-4H3,(H,36,38). The third kappa shape index (κ3) is 6.86. The van der Waals surface area contributed by atoms with Crippen LogP contribution in [0.1, 0.15) is 37.5 Å². The zero-order valence-corrected chi connectivity index (χ0v) is 25.0. The Hall–Kier alpha value is -4.50. The second-order valence-corrected chi connectivity index (χ2v) is 13.4. The molecule has 0 aliphatic rings. The fraction of sp³-hybridized carbons (Fsp3) is 0.242. The van der Waals surface area contributed by atoms with Gasteiger partial charge in [-0.15, -0.1) is 0 Å². The van der Waals surface area contributed by atoms with Crippen molar-refractivity contribution < 1.29 is 17.9 Å². The number of benzene rings is 3. The summed E-state index contributed by atoms with van der Waals surface area (Å²) in [6.45, 7) is 8.04. The molecule has 5 rings (SSSR count). The maximum atomic E-state index is 13.2. The fourth-order valence-electron chi connectivity index (χ4n) is 4.60. The number of carbonyl (C=O) groups excluding carboxylic acids is 1. The van der Waals surface area contributed by atoms with E-state index in [-0.39, 0.29) is 28.5 Å². The number of fused-ring (bicyclic) bond motifs is 1. The van der Waals surface area contributed by atoms with Gasteiger partial charge in [0.05, 0.1) is 40.0 Å². The van der Waals surface area contributed by atoms with E-state index in [1.54, 1.807) is 36.7 Å². The topological polar surface area (TPSA) is 103 Å². The predicted molar refractivity (Wildman–Crippen MR) is 165 cm³/mol. The van der Waals surface area contributed by atoms with E-state index in [9.17, 15) is 13.2 Å². The number of hydrogen-bond acceptors (Lipinski definition) is 6. The van der Waals surface area contributed by atoms with Crippen molar-refractivity contribution in [1.82, 2.24) is 14.8 Å². The Labute approximate surface area is 246 Å². The summed E-state index contributed by atoms with van der Waals surface area (Å²) in [7, 11) is -3.52. The van der Waals surface area contributed by atoms with Gasteiger partial charge in [-0.2, -0.15) is 5.10 Å². The summed E-state index contributed by atoms with van der Waals surface area (Å²) in [6, 6.07) is 21.8. The van der Waals surface area contributed by atoms with Crippen LogP contribution < -0.4 is 10.1 Å². The SMILES string of the molecule is Cc1cc(CC(=O)Nc2cnn(C(C)(C)C)c2)ccc1Oc1ccnc2ccc(S(=O)(=O)CCc3ccccc3)cc12. The first-order valence-corrected chi connectivity index (χ1v) is 15.4. The van der Waals surface area contributed by atoms with Crippen molar-refractivity contribution >= 4 is 32.3 Å². The van der Waals surface area contributed by atoms with Crippen molar-refractivity contribution in [3.63, 3.8) is 0 Å². The number of anilines is 1. The number of aryl methyl sites for hydroxylation is 2. The number of amides is 1. The van der Waals surface area contributed by atoms with Crippen LogP contribution in [-0.2, 0) is 33.0 Å². The Morgan fingerprint density at radius 2 is 1.74 bits per heavy atom. The maximum absolute atomic E-state index is 13.2. The number of ether oxygens (including phenoxy) is 1. The van der Waals surface area contributed by atoms with E-state index in [4.69, 9.17) is 4.74 Å². The zero-order valence-electron chi connectivity index (χ0n) is 24.2. The van der Waals surface area contributed by atoms with E-state index in [0.717, 1.165) is 16.7 Å². The Bertz CT molecular complexity index is 1840. The van der Waals surface area contributed by atoms with Crippen LogP contribution in [0, 0.1) is 6.92 Å². The molecule has 42 heavy (non-hydrogen) atoms. The fourth-order valence-corrected chi connectivity index (χ4v) is 5.91. The van der Waals surface area contributed by atoms with Crippen LogP contribution in [0.3, 0.4) is 0 Å². The Balaban J connectivity index is 1.30. The van der Waals surface area contributed by atoms with Gasteiger partial charge in [-0.1, -0.05) is 42.5 Å². The van der Waals surface area contributed by atoms with E-state index in [1.807, 2.05) is 87.1 Å². The smallest absolute Gasteiger partial charge is 0.228 e. The van der Waals surface area contributed by atoms with Gasteiger partial charge in [0.2, 0.25) is 5.91 Å². The summed E-state index contributed by atoms with van der Waals surface area (Å²) in [5, 5.41) is 7.83. The molecule has 9 heteroatoms. The molecule has 2 aromatic heterocycles. The molecule has 216 valence electrons. The van der Waals surface area contributed by atoms with E-state index in [2.05, 4.69) is 15.4 Å². The van der Waals surface area contributed by atoms with Gasteiger partial charge in [0.25, 0.3) is 0 Å². The molecule has 0 fully saturated rings. The molecule has 3 aromatic carbocycles. The van der Waals surface area contributed by atoms with Crippen LogP contribution in [0.25, 0.3) is 10.9 Å². The molecular formula is C33H34N4O4S. The minimum atomic E-state index is -3.52. The lowest BCUT2D eigenvalue weighted by molar-refractivity contribution is -0.115. The van der Waals surface area contributed by atoms with Gasteiger partial charge < -0.3 is 10.1 Å². The molecule has 2 heterocycles. The van der Waals surface area contributed by atoms with Crippen LogP contribution in [0.5, 0.6) is 11.5 Å². The van der Waals surface area contributed by atoms with Crippen LogP contribution in [0.4, 0.5) is 5.69 Å². The number of nitrogens with one attached hydrogen (secondary N) is 1. The van der Waals surface area contributed by atoms with Crippen LogP contribution in [0.2, 0.25) is 0 Å². The minimum Gasteiger partial charge on any atom is -0.456 e. The number of hydrogen-bond donors (Lipinski definition) is 1. The third-order valence-corrected chi connectivity index (χ3v) is 8.63. The molecule has 8 nitrogen and oxygen atoms in total. The molecular weight excluding hydrogens is 548 g/mol. The summed E-state index contributed by atoms with van der Waals surface area (Å²) in [6.07, 6.45) is 5.73. The average molecular weight is 583 g/mol. The van der Waals surface area contributed by atoms with Gasteiger partial charge in [0, 0.05) is 17.8 Å². The number of aromatic nitrogens is 3. The van der Waals surface area contributed by atoms with Crippen molar-refractivity contribution in [1.29, 1.82) is 0 Å². The van der Waals surface area contributed by atoms with Gasteiger partial charge in [0.15, 0.2) is 9.84 Å². The first-order chi connectivity index (χ1) is 20.0. The monoisotopic (exact) mass is 582 g/mol. The van der Waals surface area contributed by atoms with Crippen LogP contribution >= 0.6 is 0 Å². The third-order valence-electron chi connectivity index (χ3n) is 6.91. The van der Waals surface area contributed by atoms with Crippen molar-refractivity contribution in [3.05, 3.63) is 108 Å². The number of carbonyl (C=O) groups is 1. The molecule has 0 unspecified atom stereocenters. The predicted octanol–water partition coefficient (Wildman–Crippen LogP) is 6.48. The quantitative estimate of drug-likeness (QED) is 0.213. The van der Waals surface area contributed by atoms with Crippen LogP contribution in [0.15, 0.2) is 96.3 Å². The average Bonchev–Trinajstić information content (AvgIpc) is 3.43. The Morgan fingerprint density at radius 3 is 2.45 bits per heavy atom. The maximum Gasteiger partial charge on any atom is 0.228 e. The molecule has 5 aromatic rings. The Kier molecular flexibility index (Phi) is 8.13. The summed E-state index contributed by atoms with van der Waals surface area (Å²) in [5.74, 6) is 0.976. The lowest BCUT2D eigenvalue weighted by Gasteiger charge is -2.18. The molecule has 0 spiro atoms. The first kappa shape index (κ1) is 29.0. The number of sulfone groups is 1. The minimum absolute atomic E-state index is 0.00600. The molecule has 0 atom stereocenters. The molecule has 1 amide bonds. The Morgan fingerprint density at radius 1 is 0.952 bits per heavy atom. The van der Waals surface area contributed by atoms with E-state index in [1.165, 1.54) is 0 Å². The number of nitrogens with zero attached hydrogens (tertiary/aromatic N) is 3. The van der Waals surface area contributed by atoms with E-state index >= 15 is 0 Å². The normalized spacial score (nSPS) is 11.9. The highest BCUT2D eigenvalue weighted by molar-refractivity contribution is 7.91. The zero-order chi connectivity index (χ0) is 29.9. The van der Waals surface area contributed by atoms with Crippen molar-refractivity contribution in [3.8, 4) is 11.5 Å². The van der Waals surface area contributed by atoms with Gasteiger partial charge in [-0.05, 0) is 81.1 Å². The van der Waals surface area contributed by atoms with Crippen molar-refractivity contribution in [2.45, 2.75) is 51.0 Å². The highest BCUT2D eigenvalue weighted by atomic mass is 32.2. The van der Waals surface area contributed by atoms with Gasteiger partial charge in [0.1, 0.15) is 11.5 Å². The first-order valence-electron chi connectivity index (χ1n) is 13.8. The number of pyridine rings is 1. The molecule has 0 aliphatic heterocycles. The molecule has 1 N–H and O–H groups in total. The molecule has 0 aliphatic carbocycles. The van der Waals surface area contributed by atoms with E-state index < -0.39 is 9.84 Å². The second kappa shape index (κ2) is 11.8. The highest BCUT2D eigenvalue weighted by Gasteiger charge is 2.18. The lowest BCUT2D eigenvalue weighted by Crippen LogP contribution is -2.22. The van der Waals surface area contributed by atoms with Crippen molar-refractivity contribution in [2.24, 2.45) is 0 Å². The van der Waals surface area contributed by atoms with Gasteiger partial charge >= 0.3 is 0 Å². The molecule has 0 saturated heterocycles. The summed E-state index contributed by atoms with van der Waals surface area (Å²) < 4.78 is 34.4. The van der Waals surface area contributed by atoms with Gasteiger partial charge in [-0.3, -0.25) is 14.5 Å². The second-order valence-electron chi connectivity index (χ2n) is 11.3. The summed E-state index contributed by atoms with van der Waals surface area (Å²) in [5.41, 5.74) is 3.77. The van der Waals surface area contributed by atoms with Gasteiger partial charge in [-0.25, -0.2) is 8.42 Å². The lowest BCUT2D eigenvalue weighted by atomic mass is 10.1. The molecule has 0 saturated carbocycles. The number of rotatable bonds is 9. The van der Waals surface area contributed by atoms with Crippen molar-refractivity contribution in [2.75, 3.05) is 11.1 Å².